The number of nitrogens with zero attached hydrogens (tertiary/aromatic N) is 1. The summed E-state index contributed by atoms with van der Waals surface area (Å²) in [6.07, 6.45) is 1.17. The summed E-state index contributed by atoms with van der Waals surface area (Å²) in [5.74, 6) is -0.244. The molecule has 1 atom stereocenters. The lowest BCUT2D eigenvalue weighted by Gasteiger charge is -2.38. The number of anilines is 3. The summed E-state index contributed by atoms with van der Waals surface area (Å²) in [5, 5.41) is 7.36. The zero-order chi connectivity index (χ0) is 23.9. The summed E-state index contributed by atoms with van der Waals surface area (Å²) in [5.41, 5.74) is 4.80. The van der Waals surface area contributed by atoms with Crippen molar-refractivity contribution in [3.63, 3.8) is 0 Å². The molecular weight excluding hydrogens is 445 g/mol. The third kappa shape index (κ3) is 4.21. The van der Waals surface area contributed by atoms with Gasteiger partial charge in [-0.2, -0.15) is 0 Å². The van der Waals surface area contributed by atoms with Crippen molar-refractivity contribution in [2.75, 3.05) is 15.5 Å². The number of ketones is 1. The lowest BCUT2D eigenvalue weighted by Crippen LogP contribution is -2.41. The average molecular weight is 472 g/mol. The molecule has 1 aliphatic heterocycles. The van der Waals surface area contributed by atoms with Gasteiger partial charge in [0.25, 0.3) is 0 Å². The van der Waals surface area contributed by atoms with Crippen molar-refractivity contribution in [1.29, 1.82) is 0 Å². The Morgan fingerprint density at radius 3 is 2.41 bits per heavy atom. The molecule has 0 spiro atoms. The van der Waals surface area contributed by atoms with Gasteiger partial charge < -0.3 is 15.5 Å². The third-order valence-corrected chi connectivity index (χ3v) is 6.63. The maximum Gasteiger partial charge on any atom is 0.178 e. The van der Waals surface area contributed by atoms with E-state index in [1.807, 2.05) is 59.5 Å². The second-order valence-electron chi connectivity index (χ2n) is 9.60. The van der Waals surface area contributed by atoms with Gasteiger partial charge in [0, 0.05) is 23.4 Å². The number of thiocarbonyl (C=S) groups is 1. The molecule has 3 aromatic rings. The highest BCUT2D eigenvalue weighted by molar-refractivity contribution is 7.80. The molecule has 34 heavy (non-hydrogen) atoms. The van der Waals surface area contributed by atoms with Crippen LogP contribution >= 0.6 is 12.2 Å². The van der Waals surface area contributed by atoms with Gasteiger partial charge in [-0.1, -0.05) is 56.3 Å². The van der Waals surface area contributed by atoms with Gasteiger partial charge in [-0.3, -0.25) is 4.79 Å². The molecule has 1 heterocycles. The van der Waals surface area contributed by atoms with E-state index >= 15 is 0 Å². The molecule has 0 aromatic heterocycles. The minimum Gasteiger partial charge on any atom is -0.357 e. The van der Waals surface area contributed by atoms with Crippen molar-refractivity contribution in [2.24, 2.45) is 5.41 Å². The molecule has 2 aliphatic rings. The van der Waals surface area contributed by atoms with Crippen molar-refractivity contribution in [3.05, 3.63) is 102 Å². The van der Waals surface area contributed by atoms with Crippen molar-refractivity contribution in [1.82, 2.24) is 0 Å². The minimum atomic E-state index is -0.501. The van der Waals surface area contributed by atoms with Crippen LogP contribution in [0.15, 0.2) is 90.1 Å². The van der Waals surface area contributed by atoms with Gasteiger partial charge >= 0.3 is 0 Å². The second-order valence-corrected chi connectivity index (χ2v) is 9.98. The van der Waals surface area contributed by atoms with Crippen LogP contribution in [0.4, 0.5) is 21.5 Å². The molecule has 5 rings (SSSR count). The Morgan fingerprint density at radius 1 is 1.00 bits per heavy atom. The van der Waals surface area contributed by atoms with Gasteiger partial charge in [-0.05, 0) is 66.0 Å². The average Bonchev–Trinajstić information content (AvgIpc) is 2.94. The molecule has 0 fully saturated rings. The van der Waals surface area contributed by atoms with Crippen LogP contribution in [0.2, 0.25) is 0 Å². The first-order chi connectivity index (χ1) is 16.3. The summed E-state index contributed by atoms with van der Waals surface area (Å²) < 4.78 is 13.9. The molecule has 2 N–H and O–H groups in total. The van der Waals surface area contributed by atoms with Gasteiger partial charge in [0.2, 0.25) is 0 Å². The number of hydrogen-bond acceptors (Lipinski definition) is 3. The van der Waals surface area contributed by atoms with Crippen molar-refractivity contribution < 1.29 is 9.18 Å². The molecule has 0 amide bonds. The fraction of sp³-hybridized carbons (Fsp3) is 0.214. The van der Waals surface area contributed by atoms with Crippen LogP contribution in [-0.2, 0) is 4.79 Å². The van der Waals surface area contributed by atoms with E-state index in [0.29, 0.717) is 17.1 Å². The number of carbonyl (C=O) groups is 1. The van der Waals surface area contributed by atoms with E-state index in [0.717, 1.165) is 34.7 Å². The maximum atomic E-state index is 13.9. The molecule has 3 aromatic carbocycles. The fourth-order valence-corrected chi connectivity index (χ4v) is 5.20. The Balaban J connectivity index is 1.72. The minimum absolute atomic E-state index is 0.0772. The van der Waals surface area contributed by atoms with Crippen molar-refractivity contribution >= 4 is 40.2 Å². The zero-order valence-electron chi connectivity index (χ0n) is 19.1. The number of carbonyl (C=O) groups excluding carboxylic acids is 1. The first-order valence-electron chi connectivity index (χ1n) is 11.4. The predicted octanol–water partition coefficient (Wildman–Crippen LogP) is 6.84. The molecule has 0 saturated carbocycles. The van der Waals surface area contributed by atoms with E-state index in [-0.39, 0.29) is 17.0 Å². The monoisotopic (exact) mass is 471 g/mol. The van der Waals surface area contributed by atoms with Crippen LogP contribution in [-0.4, -0.2) is 10.9 Å². The summed E-state index contributed by atoms with van der Waals surface area (Å²) in [7, 11) is 0. The zero-order valence-corrected chi connectivity index (χ0v) is 20.0. The molecule has 172 valence electrons. The van der Waals surface area contributed by atoms with Crippen molar-refractivity contribution in [2.45, 2.75) is 32.7 Å². The number of nitrogens with one attached hydrogen (secondary N) is 2. The highest BCUT2D eigenvalue weighted by Crippen LogP contribution is 2.48. The number of allylic oxidation sites excluding steroid dienone is 1. The van der Waals surface area contributed by atoms with Crippen LogP contribution in [0.5, 0.6) is 0 Å². The predicted molar refractivity (Wildman–Crippen MR) is 139 cm³/mol. The van der Waals surface area contributed by atoms with E-state index < -0.39 is 6.04 Å². The van der Waals surface area contributed by atoms with Crippen LogP contribution in [0.1, 0.15) is 38.3 Å². The van der Waals surface area contributed by atoms with E-state index in [2.05, 4.69) is 24.5 Å². The lowest BCUT2D eigenvalue weighted by molar-refractivity contribution is -0.118. The first kappa shape index (κ1) is 22.3. The van der Waals surface area contributed by atoms with Gasteiger partial charge in [0.05, 0.1) is 17.4 Å². The molecule has 4 nitrogen and oxygen atoms in total. The number of fused-ring (bicyclic) bond motifs is 1. The number of para-hydroxylation sites is 3. The smallest absolute Gasteiger partial charge is 0.178 e. The van der Waals surface area contributed by atoms with E-state index in [4.69, 9.17) is 12.2 Å². The lowest BCUT2D eigenvalue weighted by atomic mass is 9.73. The Bertz CT molecular complexity index is 1280. The number of hydrogen-bond donors (Lipinski definition) is 2. The molecule has 0 bridgehead atoms. The number of halogens is 1. The van der Waals surface area contributed by atoms with Crippen LogP contribution in [0, 0.1) is 11.2 Å². The highest BCUT2D eigenvalue weighted by Gasteiger charge is 2.42. The Kier molecular flexibility index (Phi) is 5.70. The van der Waals surface area contributed by atoms with Gasteiger partial charge in [0.15, 0.2) is 10.9 Å². The van der Waals surface area contributed by atoms with Gasteiger partial charge in [-0.15, -0.1) is 0 Å². The summed E-state index contributed by atoms with van der Waals surface area (Å²) in [4.78, 5) is 15.6. The normalized spacial score (nSPS) is 19.0. The van der Waals surface area contributed by atoms with E-state index in [1.54, 1.807) is 12.1 Å². The molecule has 1 aliphatic carbocycles. The maximum absolute atomic E-state index is 13.9. The highest BCUT2D eigenvalue weighted by atomic mass is 32.1. The van der Waals surface area contributed by atoms with Crippen LogP contribution in [0.25, 0.3) is 0 Å². The van der Waals surface area contributed by atoms with Gasteiger partial charge in [-0.25, -0.2) is 4.39 Å². The fourth-order valence-electron chi connectivity index (χ4n) is 4.88. The van der Waals surface area contributed by atoms with E-state index in [9.17, 15) is 9.18 Å². The first-order valence-corrected chi connectivity index (χ1v) is 11.8. The second kappa shape index (κ2) is 8.69. The van der Waals surface area contributed by atoms with Crippen LogP contribution in [0.3, 0.4) is 0 Å². The van der Waals surface area contributed by atoms with Gasteiger partial charge in [0.1, 0.15) is 5.82 Å². The summed E-state index contributed by atoms with van der Waals surface area (Å²) in [6.45, 7) is 4.22. The van der Waals surface area contributed by atoms with E-state index in [1.165, 1.54) is 12.1 Å². The standard InChI is InChI=1S/C28H26FN3OS/c1-28(2)16-22-25(24(33)17-28)26(18-12-14-19(29)15-13-18)32(23-11-7-6-10-21(23)31-22)27(34)30-20-8-4-3-5-9-20/h3-15,26,31H,16-17H2,1-2H3,(H,30,34). The third-order valence-electron chi connectivity index (χ3n) is 6.33. The van der Waals surface area contributed by atoms with Crippen molar-refractivity contribution in [3.8, 4) is 0 Å². The SMILES string of the molecule is CC1(C)CC(=O)C2=C(C1)Nc1ccccc1N(C(=S)Nc1ccccc1)C2c1ccc(F)cc1. The Labute approximate surface area is 204 Å². The number of Topliss-reactive ketones (excluding diaryl/α,β-unsaturated/α-hetero) is 1. The largest absolute Gasteiger partial charge is 0.357 e. The molecular formula is C28H26FN3OS. The molecule has 0 saturated heterocycles. The topological polar surface area (TPSA) is 44.4 Å². The summed E-state index contributed by atoms with van der Waals surface area (Å²) >= 11 is 5.95. The molecule has 6 heteroatoms. The molecule has 1 unspecified atom stereocenters. The Morgan fingerprint density at radius 2 is 1.68 bits per heavy atom. The van der Waals surface area contributed by atoms with Crippen LogP contribution < -0.4 is 15.5 Å². The number of benzene rings is 3. The quantitative estimate of drug-likeness (QED) is 0.401. The summed E-state index contributed by atoms with van der Waals surface area (Å²) in [6, 6.07) is 23.5. The molecule has 0 radical (unpaired) electrons. The number of rotatable bonds is 2. The Hall–Kier alpha value is -3.51.